The van der Waals surface area contributed by atoms with E-state index in [9.17, 15) is 24.9 Å². The molecule has 3 N–H and O–H groups in total. The van der Waals surface area contributed by atoms with Crippen LogP contribution in [0, 0.1) is 0 Å². The summed E-state index contributed by atoms with van der Waals surface area (Å²) in [6, 6.07) is -0.357. The summed E-state index contributed by atoms with van der Waals surface area (Å²) < 4.78 is 5.35. The van der Waals surface area contributed by atoms with Gasteiger partial charge in [0.2, 0.25) is 0 Å². The first-order chi connectivity index (χ1) is 20.9. The molecular formula is C36H70NO6+. The second kappa shape index (κ2) is 30.6. The molecule has 0 aromatic carbocycles. The fraction of sp³-hybridized carbons (Fsp3) is 0.889. The van der Waals surface area contributed by atoms with Crippen LogP contribution in [0.2, 0.25) is 0 Å². The van der Waals surface area contributed by atoms with Crippen LogP contribution in [0.3, 0.4) is 0 Å². The lowest BCUT2D eigenvalue weighted by Gasteiger charge is -2.39. The van der Waals surface area contributed by atoms with E-state index in [1.165, 1.54) is 109 Å². The molecule has 0 aliphatic heterocycles. The third kappa shape index (κ3) is 23.6. The Morgan fingerprint density at radius 3 is 1.58 bits per heavy atom. The average Bonchev–Trinajstić information content (AvgIpc) is 2.99. The Labute approximate surface area is 265 Å². The van der Waals surface area contributed by atoms with Gasteiger partial charge in [0.1, 0.15) is 12.6 Å². The Morgan fingerprint density at radius 1 is 0.674 bits per heavy atom. The first-order valence-electron chi connectivity index (χ1n) is 18.1. The summed E-state index contributed by atoms with van der Waals surface area (Å²) in [6.45, 7) is 5.00. The molecule has 0 aliphatic rings. The normalized spacial score (nSPS) is 13.8. The molecule has 7 heteroatoms. The van der Waals surface area contributed by atoms with Gasteiger partial charge in [-0.1, -0.05) is 142 Å². The van der Waals surface area contributed by atoms with Crippen LogP contribution < -0.4 is 0 Å². The fourth-order valence-electron chi connectivity index (χ4n) is 5.98. The molecule has 0 rings (SSSR count). The minimum atomic E-state index is -0.996. The van der Waals surface area contributed by atoms with Crippen LogP contribution >= 0.6 is 0 Å². The van der Waals surface area contributed by atoms with Crippen molar-refractivity contribution in [1.82, 2.24) is 0 Å². The maximum Gasteiger partial charge on any atom is 0.514 e. The van der Waals surface area contributed by atoms with Gasteiger partial charge in [-0.3, -0.25) is 4.79 Å². The number of carboxylic acid groups (broad SMARTS) is 2. The molecule has 0 saturated heterocycles. The number of amides is 1. The Bertz CT molecular complexity index is 670. The zero-order valence-electron chi connectivity index (χ0n) is 28.3. The van der Waals surface area contributed by atoms with Crippen LogP contribution in [-0.4, -0.2) is 70.8 Å². The van der Waals surface area contributed by atoms with Crippen molar-refractivity contribution < 1.29 is 34.1 Å². The van der Waals surface area contributed by atoms with E-state index in [0.29, 0.717) is 6.42 Å². The molecule has 254 valence electrons. The lowest BCUT2D eigenvalue weighted by molar-refractivity contribution is -0.877. The van der Waals surface area contributed by atoms with E-state index in [0.717, 1.165) is 32.1 Å². The number of rotatable bonds is 33. The highest BCUT2D eigenvalue weighted by atomic mass is 16.5. The molecule has 2 unspecified atom stereocenters. The zero-order valence-corrected chi connectivity index (χ0v) is 28.3. The van der Waals surface area contributed by atoms with Crippen molar-refractivity contribution >= 4 is 12.1 Å². The van der Waals surface area contributed by atoms with Crippen LogP contribution in [0.5, 0.6) is 0 Å². The van der Waals surface area contributed by atoms with Crippen LogP contribution in [-0.2, 0) is 9.53 Å². The van der Waals surface area contributed by atoms with Gasteiger partial charge in [0, 0.05) is 6.42 Å². The summed E-state index contributed by atoms with van der Waals surface area (Å²) in [4.78, 5) is 24.3. The molecule has 0 bridgehead atoms. The van der Waals surface area contributed by atoms with Gasteiger partial charge >= 0.3 is 12.1 Å². The number of hydrogen-bond acceptors (Lipinski definition) is 4. The highest BCUT2D eigenvalue weighted by Gasteiger charge is 2.44. The number of quaternary nitrogens is 1. The third-order valence-corrected chi connectivity index (χ3v) is 8.81. The molecule has 7 nitrogen and oxygen atoms in total. The molecule has 0 spiro atoms. The lowest BCUT2D eigenvalue weighted by Crippen LogP contribution is -2.61. The number of unbranched alkanes of at least 4 members (excludes halogenated alkanes) is 20. The monoisotopic (exact) mass is 613 g/mol. The van der Waals surface area contributed by atoms with Gasteiger partial charge in [0.25, 0.3) is 0 Å². The predicted molar refractivity (Wildman–Crippen MR) is 179 cm³/mol. The van der Waals surface area contributed by atoms with Crippen molar-refractivity contribution in [2.24, 2.45) is 0 Å². The first-order valence-corrected chi connectivity index (χ1v) is 18.1. The van der Waals surface area contributed by atoms with Crippen LogP contribution in [0.25, 0.3) is 0 Å². The minimum absolute atomic E-state index is 0.0260. The van der Waals surface area contributed by atoms with E-state index in [2.05, 4.69) is 19.9 Å². The van der Waals surface area contributed by atoms with Crippen molar-refractivity contribution in [3.8, 4) is 0 Å². The number of aliphatic hydroxyl groups excluding tert-OH is 1. The molecule has 0 aromatic rings. The van der Waals surface area contributed by atoms with Gasteiger partial charge in [-0.25, -0.2) is 4.48 Å². The largest absolute Gasteiger partial charge is 0.514 e. The SMILES string of the molecule is CCCCCCCCCC=CC[N+](CCC(=O)O)(C(=O)O)C(CCCCCCCCCCCCCCCC)COCCO. The van der Waals surface area contributed by atoms with Gasteiger partial charge in [-0.2, -0.15) is 4.79 Å². The van der Waals surface area contributed by atoms with E-state index in [-0.39, 0.29) is 49.9 Å². The Morgan fingerprint density at radius 2 is 1.14 bits per heavy atom. The molecule has 0 aliphatic carbocycles. The summed E-state index contributed by atoms with van der Waals surface area (Å²) >= 11 is 0. The molecule has 0 heterocycles. The Balaban J connectivity index is 4.81. The number of aliphatic carboxylic acids is 1. The quantitative estimate of drug-likeness (QED) is 0.0387. The molecule has 2 atom stereocenters. The molecule has 43 heavy (non-hydrogen) atoms. The lowest BCUT2D eigenvalue weighted by atomic mass is 10.0. The van der Waals surface area contributed by atoms with Crippen molar-refractivity contribution in [3.05, 3.63) is 12.2 Å². The van der Waals surface area contributed by atoms with Crippen LogP contribution in [0.4, 0.5) is 4.79 Å². The summed E-state index contributed by atoms with van der Waals surface area (Å²) in [5, 5.41) is 29.1. The minimum Gasteiger partial charge on any atom is -0.481 e. The maximum absolute atomic E-state index is 12.8. The maximum atomic E-state index is 12.8. The van der Waals surface area contributed by atoms with Crippen molar-refractivity contribution in [2.45, 2.75) is 174 Å². The fourth-order valence-corrected chi connectivity index (χ4v) is 5.98. The summed E-state index contributed by atoms with van der Waals surface area (Å²) in [7, 11) is 0. The van der Waals surface area contributed by atoms with Crippen molar-refractivity contribution in [1.29, 1.82) is 0 Å². The van der Waals surface area contributed by atoms with E-state index < -0.39 is 12.1 Å². The van der Waals surface area contributed by atoms with Gasteiger partial charge in [-0.15, -0.1) is 0 Å². The predicted octanol–water partition coefficient (Wildman–Crippen LogP) is 9.90. The zero-order chi connectivity index (χ0) is 31.9. The van der Waals surface area contributed by atoms with Gasteiger partial charge in [-0.05, 0) is 25.3 Å². The first kappa shape index (κ1) is 41.6. The van der Waals surface area contributed by atoms with Crippen LogP contribution in [0.1, 0.15) is 168 Å². The van der Waals surface area contributed by atoms with Crippen LogP contribution in [0.15, 0.2) is 12.2 Å². The van der Waals surface area contributed by atoms with Gasteiger partial charge < -0.3 is 20.1 Å². The smallest absolute Gasteiger partial charge is 0.481 e. The van der Waals surface area contributed by atoms with Gasteiger partial charge in [0.05, 0.1) is 32.8 Å². The summed E-state index contributed by atoms with van der Waals surface area (Å²) in [5.74, 6) is -0.984. The summed E-state index contributed by atoms with van der Waals surface area (Å²) in [5.41, 5.74) is 0. The second-order valence-electron chi connectivity index (χ2n) is 12.6. The third-order valence-electron chi connectivity index (χ3n) is 8.81. The number of carboxylic acids is 1. The Hall–Kier alpha value is -1.44. The second-order valence-corrected chi connectivity index (χ2v) is 12.6. The van der Waals surface area contributed by atoms with Crippen molar-refractivity contribution in [2.75, 3.05) is 32.9 Å². The molecular weight excluding hydrogens is 542 g/mol. The van der Waals surface area contributed by atoms with Crippen molar-refractivity contribution in [3.63, 3.8) is 0 Å². The number of aliphatic hydroxyl groups is 1. The number of ether oxygens (including phenoxy) is 1. The molecule has 0 aromatic heterocycles. The van der Waals surface area contributed by atoms with E-state index in [1.54, 1.807) is 0 Å². The standard InChI is InChI=1S/C36H69NO6/c1-3-5-7-9-11-13-15-16-17-18-19-21-23-25-27-34(33-43-32-31-38)37(36(41)42,30-28-35(39)40)29-26-24-22-20-14-12-10-8-6-4-2/h24,26,34,38H,3-23,25,27-33H2,1-2H3,(H-,39,40,41,42)/p+1. The number of hydrogen-bond donors (Lipinski definition) is 3. The van der Waals surface area contributed by atoms with Gasteiger partial charge in [0.15, 0.2) is 0 Å². The van der Waals surface area contributed by atoms with E-state index >= 15 is 0 Å². The average molecular weight is 613 g/mol. The highest BCUT2D eigenvalue weighted by Crippen LogP contribution is 2.24. The highest BCUT2D eigenvalue weighted by molar-refractivity contribution is 5.67. The molecule has 0 radical (unpaired) electrons. The number of allylic oxidation sites excluding steroid dienone is 1. The molecule has 0 fully saturated rings. The number of nitrogens with zero attached hydrogens (tertiary/aromatic N) is 1. The molecule has 0 saturated carbocycles. The summed E-state index contributed by atoms with van der Waals surface area (Å²) in [6.07, 6.45) is 30.7. The molecule has 1 amide bonds. The van der Waals surface area contributed by atoms with E-state index in [1.807, 2.05) is 6.08 Å². The topological polar surface area (TPSA) is 104 Å². The Kier molecular flexibility index (Phi) is 29.6. The van der Waals surface area contributed by atoms with E-state index in [4.69, 9.17) is 4.74 Å². The number of carbonyl (C=O) groups is 2.